The highest BCUT2D eigenvalue weighted by atomic mass is 16.3. The second-order valence-electron chi connectivity index (χ2n) is 6.37. The summed E-state index contributed by atoms with van der Waals surface area (Å²) in [7, 11) is 2.08. The third-order valence-electron chi connectivity index (χ3n) is 4.95. The summed E-state index contributed by atoms with van der Waals surface area (Å²) < 4.78 is 0. The molecule has 0 amide bonds. The maximum atomic E-state index is 9.08. The van der Waals surface area contributed by atoms with E-state index in [9.17, 15) is 0 Å². The lowest BCUT2D eigenvalue weighted by Crippen LogP contribution is -2.49. The summed E-state index contributed by atoms with van der Waals surface area (Å²) in [6, 6.07) is 0.811. The van der Waals surface area contributed by atoms with Gasteiger partial charge in [0.2, 0.25) is 0 Å². The van der Waals surface area contributed by atoms with Crippen molar-refractivity contribution in [1.82, 2.24) is 10.2 Å². The average Bonchev–Trinajstić information content (AvgIpc) is 2.72. The highest BCUT2D eigenvalue weighted by Crippen LogP contribution is 2.40. The van der Waals surface area contributed by atoms with Gasteiger partial charge in [0.1, 0.15) is 0 Å². The number of rotatable bonds is 8. The second kappa shape index (κ2) is 6.88. The Labute approximate surface area is 112 Å². The molecule has 0 heterocycles. The highest BCUT2D eigenvalue weighted by Gasteiger charge is 2.37. The van der Waals surface area contributed by atoms with Crippen molar-refractivity contribution in [2.24, 2.45) is 5.41 Å². The molecule has 18 heavy (non-hydrogen) atoms. The largest absolute Gasteiger partial charge is 0.396 e. The van der Waals surface area contributed by atoms with Gasteiger partial charge in [0, 0.05) is 32.3 Å². The van der Waals surface area contributed by atoms with Gasteiger partial charge in [-0.05, 0) is 44.6 Å². The molecule has 2 fully saturated rings. The number of nitrogens with one attached hydrogen (secondary N) is 1. The SMILES string of the molecule is CNCC1(CN(CCCO)C2CCC2)CCCC1. The highest BCUT2D eigenvalue weighted by molar-refractivity contribution is 4.92. The van der Waals surface area contributed by atoms with Crippen molar-refractivity contribution < 1.29 is 5.11 Å². The van der Waals surface area contributed by atoms with Crippen LogP contribution >= 0.6 is 0 Å². The molecule has 2 aliphatic rings. The van der Waals surface area contributed by atoms with Crippen LogP contribution in [-0.2, 0) is 0 Å². The Kier molecular flexibility index (Phi) is 5.46. The van der Waals surface area contributed by atoms with Crippen LogP contribution in [0.1, 0.15) is 51.4 Å². The minimum Gasteiger partial charge on any atom is -0.396 e. The predicted octanol–water partition coefficient (Wildman–Crippen LogP) is 2.00. The standard InChI is InChI=1S/C15H30N2O/c1-16-12-15(8-2-3-9-15)13-17(10-5-11-18)14-6-4-7-14/h14,16,18H,2-13H2,1H3. The number of hydrogen-bond donors (Lipinski definition) is 2. The van der Waals surface area contributed by atoms with Crippen molar-refractivity contribution in [2.45, 2.75) is 57.4 Å². The fraction of sp³-hybridized carbons (Fsp3) is 1.00. The Morgan fingerprint density at radius 3 is 2.44 bits per heavy atom. The summed E-state index contributed by atoms with van der Waals surface area (Å²) in [6.07, 6.45) is 10.7. The van der Waals surface area contributed by atoms with Gasteiger partial charge in [-0.15, -0.1) is 0 Å². The molecular formula is C15H30N2O. The van der Waals surface area contributed by atoms with Crippen molar-refractivity contribution in [1.29, 1.82) is 0 Å². The zero-order valence-electron chi connectivity index (χ0n) is 12.0. The molecule has 0 aromatic rings. The maximum absolute atomic E-state index is 9.08. The van der Waals surface area contributed by atoms with E-state index in [1.54, 1.807) is 0 Å². The van der Waals surface area contributed by atoms with E-state index in [0.29, 0.717) is 12.0 Å². The van der Waals surface area contributed by atoms with Crippen LogP contribution in [0.2, 0.25) is 0 Å². The maximum Gasteiger partial charge on any atom is 0.0443 e. The zero-order valence-corrected chi connectivity index (χ0v) is 12.0. The van der Waals surface area contributed by atoms with E-state index >= 15 is 0 Å². The van der Waals surface area contributed by atoms with Crippen molar-refractivity contribution in [3.8, 4) is 0 Å². The van der Waals surface area contributed by atoms with Crippen LogP contribution in [0.4, 0.5) is 0 Å². The van der Waals surface area contributed by atoms with E-state index in [1.807, 2.05) is 0 Å². The third-order valence-corrected chi connectivity index (χ3v) is 4.95. The number of aliphatic hydroxyl groups excluding tert-OH is 1. The first-order chi connectivity index (χ1) is 8.79. The Balaban J connectivity index is 1.91. The van der Waals surface area contributed by atoms with E-state index in [-0.39, 0.29) is 0 Å². The molecule has 2 rings (SSSR count). The van der Waals surface area contributed by atoms with Crippen molar-refractivity contribution >= 4 is 0 Å². The van der Waals surface area contributed by atoms with Crippen molar-refractivity contribution in [2.75, 3.05) is 33.3 Å². The van der Waals surface area contributed by atoms with Gasteiger partial charge < -0.3 is 10.4 Å². The molecular weight excluding hydrogens is 224 g/mol. The Hall–Kier alpha value is -0.120. The topological polar surface area (TPSA) is 35.5 Å². The summed E-state index contributed by atoms with van der Waals surface area (Å²) in [5, 5.41) is 12.5. The van der Waals surface area contributed by atoms with Crippen molar-refractivity contribution in [3.63, 3.8) is 0 Å². The molecule has 2 saturated carbocycles. The minimum absolute atomic E-state index is 0.336. The molecule has 3 nitrogen and oxygen atoms in total. The lowest BCUT2D eigenvalue weighted by atomic mass is 9.83. The lowest BCUT2D eigenvalue weighted by molar-refractivity contribution is 0.0642. The molecule has 0 radical (unpaired) electrons. The van der Waals surface area contributed by atoms with Gasteiger partial charge in [-0.3, -0.25) is 4.90 Å². The molecule has 0 aromatic heterocycles. The molecule has 3 heteroatoms. The number of hydrogen-bond acceptors (Lipinski definition) is 3. The molecule has 0 bridgehead atoms. The Bertz CT molecular complexity index is 235. The number of aliphatic hydroxyl groups is 1. The van der Waals surface area contributed by atoms with Crippen LogP contribution in [0.5, 0.6) is 0 Å². The molecule has 106 valence electrons. The van der Waals surface area contributed by atoms with Gasteiger partial charge in [-0.2, -0.15) is 0 Å². The number of nitrogens with zero attached hydrogens (tertiary/aromatic N) is 1. The zero-order chi connectivity index (χ0) is 12.8. The predicted molar refractivity (Wildman–Crippen MR) is 75.7 cm³/mol. The molecule has 0 atom stereocenters. The minimum atomic E-state index is 0.336. The fourth-order valence-corrected chi connectivity index (χ4v) is 3.74. The van der Waals surface area contributed by atoms with E-state index in [2.05, 4.69) is 17.3 Å². The summed E-state index contributed by atoms with van der Waals surface area (Å²) in [5.74, 6) is 0. The summed E-state index contributed by atoms with van der Waals surface area (Å²) >= 11 is 0. The molecule has 0 spiro atoms. The summed E-state index contributed by atoms with van der Waals surface area (Å²) in [6.45, 7) is 3.84. The van der Waals surface area contributed by atoms with Crippen LogP contribution in [0.15, 0.2) is 0 Å². The molecule has 2 aliphatic carbocycles. The normalized spacial score (nSPS) is 23.5. The van der Waals surface area contributed by atoms with E-state index < -0.39 is 0 Å². The van der Waals surface area contributed by atoms with Gasteiger partial charge in [0.25, 0.3) is 0 Å². The van der Waals surface area contributed by atoms with Crippen LogP contribution in [0.3, 0.4) is 0 Å². The van der Waals surface area contributed by atoms with Gasteiger partial charge in [0.05, 0.1) is 0 Å². The molecule has 0 aromatic carbocycles. The van der Waals surface area contributed by atoms with Gasteiger partial charge in [-0.25, -0.2) is 0 Å². The first-order valence-electron chi connectivity index (χ1n) is 7.79. The van der Waals surface area contributed by atoms with E-state index in [0.717, 1.165) is 25.6 Å². The monoisotopic (exact) mass is 254 g/mol. The Morgan fingerprint density at radius 1 is 1.22 bits per heavy atom. The smallest absolute Gasteiger partial charge is 0.0443 e. The molecule has 0 unspecified atom stereocenters. The molecule has 2 N–H and O–H groups in total. The fourth-order valence-electron chi connectivity index (χ4n) is 3.74. The first kappa shape index (κ1) is 14.3. The summed E-state index contributed by atoms with van der Waals surface area (Å²) in [5.41, 5.74) is 0.514. The van der Waals surface area contributed by atoms with E-state index in [1.165, 1.54) is 51.5 Å². The molecule has 0 saturated heterocycles. The van der Waals surface area contributed by atoms with Crippen LogP contribution in [0.25, 0.3) is 0 Å². The third kappa shape index (κ3) is 3.46. The van der Waals surface area contributed by atoms with E-state index in [4.69, 9.17) is 5.11 Å². The average molecular weight is 254 g/mol. The quantitative estimate of drug-likeness (QED) is 0.695. The van der Waals surface area contributed by atoms with Crippen LogP contribution in [0, 0.1) is 5.41 Å². The first-order valence-corrected chi connectivity index (χ1v) is 7.79. The lowest BCUT2D eigenvalue weighted by Gasteiger charge is -2.43. The van der Waals surface area contributed by atoms with Gasteiger partial charge in [-0.1, -0.05) is 19.3 Å². The second-order valence-corrected chi connectivity index (χ2v) is 6.37. The van der Waals surface area contributed by atoms with Gasteiger partial charge >= 0.3 is 0 Å². The Morgan fingerprint density at radius 2 is 1.94 bits per heavy atom. The van der Waals surface area contributed by atoms with Crippen LogP contribution < -0.4 is 5.32 Å². The molecule has 0 aliphatic heterocycles. The van der Waals surface area contributed by atoms with Crippen LogP contribution in [-0.4, -0.2) is 49.3 Å². The van der Waals surface area contributed by atoms with Gasteiger partial charge in [0.15, 0.2) is 0 Å². The summed E-state index contributed by atoms with van der Waals surface area (Å²) in [4.78, 5) is 2.68. The van der Waals surface area contributed by atoms with Crippen molar-refractivity contribution in [3.05, 3.63) is 0 Å².